The van der Waals surface area contributed by atoms with Crippen molar-refractivity contribution < 1.29 is 41.8 Å². The first kappa shape index (κ1) is 18.6. The number of hydrogen-bond acceptors (Lipinski definition) is 6. The molecule has 0 N–H and O–H groups in total. The average Bonchev–Trinajstić information content (AvgIpc) is 3.04. The van der Waals surface area contributed by atoms with E-state index in [1.54, 1.807) is 6.92 Å². The number of ether oxygens (including phenoxy) is 2. The molecule has 1 aromatic rings. The van der Waals surface area contributed by atoms with E-state index in [0.29, 0.717) is 5.56 Å². The second-order valence-corrected chi connectivity index (χ2v) is 7.71. The minimum Gasteiger partial charge on any atom is -0.393 e. The van der Waals surface area contributed by atoms with Crippen LogP contribution in [0.15, 0.2) is 18.2 Å². The van der Waals surface area contributed by atoms with E-state index in [4.69, 9.17) is 4.74 Å². The molecular formula is C19H15F3O6. The highest BCUT2D eigenvalue weighted by molar-refractivity contribution is 6.01. The first-order chi connectivity index (χ1) is 13.0. The molecule has 2 aliphatic heterocycles. The van der Waals surface area contributed by atoms with Crippen molar-refractivity contribution in [3.05, 3.63) is 34.9 Å². The molecule has 0 radical (unpaired) electrons. The maximum Gasteiger partial charge on any atom is 0.393 e. The van der Waals surface area contributed by atoms with E-state index >= 15 is 0 Å². The van der Waals surface area contributed by atoms with E-state index in [2.05, 4.69) is 4.74 Å². The van der Waals surface area contributed by atoms with Gasteiger partial charge >= 0.3 is 30.1 Å². The summed E-state index contributed by atoms with van der Waals surface area (Å²) in [4.78, 5) is 48.2. The number of carbonyl (C=O) groups excluding carboxylic acids is 4. The lowest BCUT2D eigenvalue weighted by molar-refractivity contribution is -0.156. The Balaban J connectivity index is 1.86. The van der Waals surface area contributed by atoms with E-state index < -0.39 is 59.6 Å². The van der Waals surface area contributed by atoms with Gasteiger partial charge in [-0.15, -0.1) is 0 Å². The number of hydrogen-bond donors (Lipinski definition) is 0. The molecule has 2 saturated heterocycles. The van der Waals surface area contributed by atoms with Crippen LogP contribution in [0.5, 0.6) is 0 Å². The summed E-state index contributed by atoms with van der Waals surface area (Å²) in [7, 11) is 0. The van der Waals surface area contributed by atoms with Gasteiger partial charge in [0.25, 0.3) is 0 Å². The van der Waals surface area contributed by atoms with Gasteiger partial charge in [-0.2, -0.15) is 13.2 Å². The van der Waals surface area contributed by atoms with Crippen molar-refractivity contribution in [2.45, 2.75) is 43.7 Å². The van der Waals surface area contributed by atoms with Crippen molar-refractivity contribution in [1.82, 2.24) is 0 Å². The van der Waals surface area contributed by atoms with Crippen LogP contribution in [-0.2, 0) is 40.5 Å². The highest BCUT2D eigenvalue weighted by atomic mass is 19.4. The monoisotopic (exact) mass is 396 g/mol. The van der Waals surface area contributed by atoms with Crippen molar-refractivity contribution in [3.63, 3.8) is 0 Å². The van der Waals surface area contributed by atoms with Crippen LogP contribution >= 0.6 is 0 Å². The van der Waals surface area contributed by atoms with Gasteiger partial charge < -0.3 is 9.47 Å². The van der Waals surface area contributed by atoms with Crippen LogP contribution in [0.2, 0.25) is 0 Å². The molecule has 4 rings (SSSR count). The maximum absolute atomic E-state index is 12.8. The van der Waals surface area contributed by atoms with Crippen molar-refractivity contribution in [2.75, 3.05) is 0 Å². The lowest BCUT2D eigenvalue weighted by Gasteiger charge is -2.42. The van der Waals surface area contributed by atoms with Gasteiger partial charge in [0.1, 0.15) is 0 Å². The SMILES string of the molecule is CC1(C2CC(=O)OC2=O)CC2C(=O)OC(=O)C2c2cc(CC(F)(F)F)ccc21. The summed E-state index contributed by atoms with van der Waals surface area (Å²) in [6.45, 7) is 1.66. The molecule has 1 aliphatic carbocycles. The molecule has 0 saturated carbocycles. The number of halogens is 3. The second kappa shape index (κ2) is 5.89. The van der Waals surface area contributed by atoms with Gasteiger partial charge in [0.05, 0.1) is 30.6 Å². The van der Waals surface area contributed by atoms with Gasteiger partial charge in [0.2, 0.25) is 0 Å². The molecule has 1 aromatic carbocycles. The molecule has 2 fully saturated rings. The summed E-state index contributed by atoms with van der Waals surface area (Å²) >= 11 is 0. The molecule has 0 spiro atoms. The summed E-state index contributed by atoms with van der Waals surface area (Å²) in [5.41, 5.74) is -0.418. The van der Waals surface area contributed by atoms with Gasteiger partial charge in [-0.05, 0) is 23.1 Å². The molecule has 4 atom stereocenters. The summed E-state index contributed by atoms with van der Waals surface area (Å²) in [5.74, 6) is -5.85. The Kier molecular flexibility index (Phi) is 3.92. The normalized spacial score (nSPS) is 32.1. The smallest absolute Gasteiger partial charge is 0.393 e. The Labute approximate surface area is 157 Å². The zero-order chi connectivity index (χ0) is 20.4. The highest BCUT2D eigenvalue weighted by Gasteiger charge is 2.58. The first-order valence-corrected chi connectivity index (χ1v) is 8.70. The zero-order valence-corrected chi connectivity index (χ0v) is 14.7. The number of rotatable bonds is 2. The third-order valence-electron chi connectivity index (χ3n) is 5.91. The van der Waals surface area contributed by atoms with Crippen LogP contribution in [0.1, 0.15) is 42.4 Å². The summed E-state index contributed by atoms with van der Waals surface area (Å²) in [6.07, 6.45) is -5.78. The topological polar surface area (TPSA) is 86.7 Å². The molecule has 28 heavy (non-hydrogen) atoms. The first-order valence-electron chi connectivity index (χ1n) is 8.70. The Morgan fingerprint density at radius 2 is 1.79 bits per heavy atom. The molecular weight excluding hydrogens is 381 g/mol. The van der Waals surface area contributed by atoms with E-state index in [-0.39, 0.29) is 24.0 Å². The minimum atomic E-state index is -4.45. The number of fused-ring (bicyclic) bond motifs is 3. The van der Waals surface area contributed by atoms with E-state index in [1.807, 2.05) is 0 Å². The van der Waals surface area contributed by atoms with Gasteiger partial charge in [-0.25, -0.2) is 0 Å². The Morgan fingerprint density at radius 3 is 2.39 bits per heavy atom. The molecule has 6 nitrogen and oxygen atoms in total. The van der Waals surface area contributed by atoms with Crippen molar-refractivity contribution in [1.29, 1.82) is 0 Å². The van der Waals surface area contributed by atoms with Gasteiger partial charge in [-0.1, -0.05) is 25.1 Å². The standard InChI is InChI=1S/C19H15F3O6/c1-18(12-5-13(23)27-16(12)25)7-10-14(17(26)28-15(10)24)9-4-8(2-3-11(9)18)6-19(20,21)22/h2-4,10,12,14H,5-7H2,1H3. The average molecular weight is 396 g/mol. The summed E-state index contributed by atoms with van der Waals surface area (Å²) < 4.78 is 47.9. The minimum absolute atomic E-state index is 0.0565. The van der Waals surface area contributed by atoms with Crippen LogP contribution in [0.25, 0.3) is 0 Å². The lowest BCUT2D eigenvalue weighted by atomic mass is 9.58. The molecule has 9 heteroatoms. The van der Waals surface area contributed by atoms with Crippen molar-refractivity contribution in [3.8, 4) is 0 Å². The molecule has 0 bridgehead atoms. The lowest BCUT2D eigenvalue weighted by Crippen LogP contribution is -2.43. The predicted molar refractivity (Wildman–Crippen MR) is 84.7 cm³/mol. The number of alkyl halides is 3. The third kappa shape index (κ3) is 2.80. The van der Waals surface area contributed by atoms with Gasteiger partial charge in [0.15, 0.2) is 0 Å². The van der Waals surface area contributed by atoms with Crippen LogP contribution in [0.4, 0.5) is 13.2 Å². The fourth-order valence-corrected chi connectivity index (χ4v) is 4.67. The number of benzene rings is 1. The van der Waals surface area contributed by atoms with Crippen LogP contribution < -0.4 is 0 Å². The fraction of sp³-hybridized carbons (Fsp3) is 0.474. The molecule has 4 unspecified atom stereocenters. The highest BCUT2D eigenvalue weighted by Crippen LogP contribution is 2.54. The summed E-state index contributed by atoms with van der Waals surface area (Å²) in [5, 5.41) is 0. The predicted octanol–water partition coefficient (Wildman–Crippen LogP) is 2.33. The quantitative estimate of drug-likeness (QED) is 0.563. The Hall–Kier alpha value is -2.71. The fourth-order valence-electron chi connectivity index (χ4n) is 4.67. The number of cyclic esters (lactones) is 4. The van der Waals surface area contributed by atoms with E-state index in [0.717, 1.165) is 0 Å². The van der Waals surface area contributed by atoms with Crippen LogP contribution in [0, 0.1) is 11.8 Å². The molecule has 2 heterocycles. The van der Waals surface area contributed by atoms with E-state index in [9.17, 15) is 32.3 Å². The van der Waals surface area contributed by atoms with Gasteiger partial charge in [-0.3, -0.25) is 19.2 Å². The molecule has 0 aromatic heterocycles. The largest absolute Gasteiger partial charge is 0.393 e. The van der Waals surface area contributed by atoms with E-state index in [1.165, 1.54) is 18.2 Å². The number of esters is 4. The van der Waals surface area contributed by atoms with Crippen molar-refractivity contribution >= 4 is 23.9 Å². The van der Waals surface area contributed by atoms with Crippen LogP contribution in [0.3, 0.4) is 0 Å². The number of carbonyl (C=O) groups is 4. The van der Waals surface area contributed by atoms with Crippen LogP contribution in [-0.4, -0.2) is 30.1 Å². The van der Waals surface area contributed by atoms with Crippen molar-refractivity contribution in [2.24, 2.45) is 11.8 Å². The Bertz CT molecular complexity index is 921. The third-order valence-corrected chi connectivity index (χ3v) is 5.91. The zero-order valence-electron chi connectivity index (χ0n) is 14.7. The molecule has 148 valence electrons. The van der Waals surface area contributed by atoms with Gasteiger partial charge in [0, 0.05) is 5.41 Å². The maximum atomic E-state index is 12.8. The molecule has 3 aliphatic rings. The second-order valence-electron chi connectivity index (χ2n) is 7.71. The molecule has 0 amide bonds. The Morgan fingerprint density at radius 1 is 1.07 bits per heavy atom. The summed E-state index contributed by atoms with van der Waals surface area (Å²) in [6, 6.07) is 3.98.